The summed E-state index contributed by atoms with van der Waals surface area (Å²) in [6.07, 6.45) is 6.56. The van der Waals surface area contributed by atoms with E-state index in [0.717, 1.165) is 56.4 Å². The van der Waals surface area contributed by atoms with Crippen LogP contribution in [0.4, 0.5) is 0 Å². The smallest absolute Gasteiger partial charge is 0.225 e. The molecule has 1 N–H and O–H groups in total. The minimum Gasteiger partial charge on any atom is -0.484 e. The Balaban J connectivity index is 1.47. The van der Waals surface area contributed by atoms with Crippen molar-refractivity contribution in [2.75, 3.05) is 26.2 Å². The van der Waals surface area contributed by atoms with Gasteiger partial charge in [0.2, 0.25) is 5.91 Å². The highest BCUT2D eigenvalue weighted by atomic mass is 32.1. The average Bonchev–Trinajstić information content (AvgIpc) is 3.28. The molecule has 0 aromatic carbocycles. The molecule has 2 aliphatic heterocycles. The van der Waals surface area contributed by atoms with Gasteiger partial charge in [-0.3, -0.25) is 4.79 Å². The Morgan fingerprint density at radius 3 is 3.00 bits per heavy atom. The molecule has 0 bridgehead atoms. The Bertz CT molecular complexity index is 562. The molecule has 1 amide bonds. The predicted molar refractivity (Wildman–Crippen MR) is 103 cm³/mol. The molecule has 1 atom stereocenters. The van der Waals surface area contributed by atoms with Gasteiger partial charge in [0.05, 0.1) is 6.61 Å². The summed E-state index contributed by atoms with van der Waals surface area (Å²) >= 11 is 1.78. The van der Waals surface area contributed by atoms with Gasteiger partial charge in [0.1, 0.15) is 0 Å². The number of hydrogen-bond donors (Lipinski definition) is 1. The van der Waals surface area contributed by atoms with Crippen molar-refractivity contribution < 1.29 is 9.53 Å². The Hall–Kier alpha value is -1.07. The number of ether oxygens (including phenoxy) is 1. The van der Waals surface area contributed by atoms with E-state index >= 15 is 0 Å². The minimum absolute atomic E-state index is 0.181. The molecular formula is C20H32N2O2S. The summed E-state index contributed by atoms with van der Waals surface area (Å²) in [5, 5.41) is 4.46. The van der Waals surface area contributed by atoms with Crippen molar-refractivity contribution in [3.63, 3.8) is 0 Å². The van der Waals surface area contributed by atoms with Crippen LogP contribution < -0.4 is 10.1 Å². The molecular weight excluding hydrogens is 332 g/mol. The monoisotopic (exact) mass is 364 g/mol. The van der Waals surface area contributed by atoms with Crippen LogP contribution in [-0.2, 0) is 17.8 Å². The van der Waals surface area contributed by atoms with Gasteiger partial charge >= 0.3 is 0 Å². The van der Waals surface area contributed by atoms with Crippen molar-refractivity contribution in [2.45, 2.75) is 58.9 Å². The molecule has 3 heterocycles. The summed E-state index contributed by atoms with van der Waals surface area (Å²) in [7, 11) is 0. The standard InChI is InChI=1S/C20H32N2O2S/c1-3-16(4-2)20(23)22-10-8-18-17(14-22)12-19(25-18)24-11-5-6-15-7-9-21-13-15/h12,15-16,21H,3-11,13-14H2,1-2H3. The van der Waals surface area contributed by atoms with Gasteiger partial charge in [-0.05, 0) is 69.2 Å². The van der Waals surface area contributed by atoms with E-state index in [1.165, 1.54) is 36.4 Å². The number of carbonyl (C=O) groups is 1. The van der Waals surface area contributed by atoms with Crippen LogP contribution in [0.3, 0.4) is 0 Å². The van der Waals surface area contributed by atoms with Gasteiger partial charge in [0, 0.05) is 23.9 Å². The zero-order chi connectivity index (χ0) is 17.6. The molecule has 0 radical (unpaired) electrons. The van der Waals surface area contributed by atoms with Crippen LogP contribution in [0, 0.1) is 11.8 Å². The lowest BCUT2D eigenvalue weighted by Gasteiger charge is -2.29. The SMILES string of the molecule is CCC(CC)C(=O)N1CCc2sc(OCCCC3CCNC3)cc2C1. The summed E-state index contributed by atoms with van der Waals surface area (Å²) in [4.78, 5) is 16.1. The van der Waals surface area contributed by atoms with Crippen molar-refractivity contribution in [2.24, 2.45) is 11.8 Å². The first-order chi connectivity index (χ1) is 12.2. The van der Waals surface area contributed by atoms with Crippen LogP contribution in [0.5, 0.6) is 5.06 Å². The van der Waals surface area contributed by atoms with Crippen LogP contribution in [-0.4, -0.2) is 37.0 Å². The summed E-state index contributed by atoms with van der Waals surface area (Å²) in [5.41, 5.74) is 1.30. The Labute approximate surface area is 155 Å². The van der Waals surface area contributed by atoms with Crippen molar-refractivity contribution >= 4 is 17.2 Å². The Kier molecular flexibility index (Phi) is 6.77. The number of amides is 1. The number of carbonyl (C=O) groups excluding carboxylic acids is 1. The molecule has 3 rings (SSSR count). The minimum atomic E-state index is 0.181. The van der Waals surface area contributed by atoms with Gasteiger partial charge in [-0.2, -0.15) is 0 Å². The molecule has 0 spiro atoms. The van der Waals surface area contributed by atoms with Crippen LogP contribution in [0.15, 0.2) is 6.07 Å². The molecule has 5 heteroatoms. The largest absolute Gasteiger partial charge is 0.484 e. The molecule has 2 aliphatic rings. The van der Waals surface area contributed by atoms with Gasteiger partial charge in [0.15, 0.2) is 5.06 Å². The third-order valence-corrected chi connectivity index (χ3v) is 6.80. The predicted octanol–water partition coefficient (Wildman–Crippen LogP) is 3.84. The fourth-order valence-corrected chi connectivity index (χ4v) is 5.00. The number of hydrogen-bond acceptors (Lipinski definition) is 4. The molecule has 1 aromatic heterocycles. The molecule has 140 valence electrons. The highest BCUT2D eigenvalue weighted by Crippen LogP contribution is 2.34. The zero-order valence-electron chi connectivity index (χ0n) is 15.7. The molecule has 25 heavy (non-hydrogen) atoms. The normalized spacial score (nSPS) is 20.1. The molecule has 1 fully saturated rings. The summed E-state index contributed by atoms with van der Waals surface area (Å²) in [6.45, 7) is 9.00. The van der Waals surface area contributed by atoms with Crippen molar-refractivity contribution in [3.8, 4) is 5.06 Å². The lowest BCUT2D eigenvalue weighted by molar-refractivity contribution is -0.136. The number of rotatable bonds is 8. The van der Waals surface area contributed by atoms with Crippen LogP contribution >= 0.6 is 11.3 Å². The van der Waals surface area contributed by atoms with Gasteiger partial charge in [0.25, 0.3) is 0 Å². The number of fused-ring (bicyclic) bond motifs is 1. The van der Waals surface area contributed by atoms with E-state index in [9.17, 15) is 4.79 Å². The molecule has 0 aliphatic carbocycles. The quantitative estimate of drug-likeness (QED) is 0.713. The molecule has 4 nitrogen and oxygen atoms in total. The maximum atomic E-state index is 12.6. The van der Waals surface area contributed by atoms with E-state index in [1.54, 1.807) is 11.3 Å². The summed E-state index contributed by atoms with van der Waals surface area (Å²) in [6, 6.07) is 2.17. The van der Waals surface area contributed by atoms with Gasteiger partial charge < -0.3 is 15.0 Å². The number of thiophene rings is 1. The second-order valence-corrected chi connectivity index (χ2v) is 8.49. The average molecular weight is 365 g/mol. The maximum absolute atomic E-state index is 12.6. The van der Waals surface area contributed by atoms with Gasteiger partial charge in [-0.15, -0.1) is 11.3 Å². The van der Waals surface area contributed by atoms with Crippen LogP contribution in [0.1, 0.15) is 56.4 Å². The van der Waals surface area contributed by atoms with Gasteiger partial charge in [-0.25, -0.2) is 0 Å². The second-order valence-electron chi connectivity index (χ2n) is 7.39. The third-order valence-electron chi connectivity index (χ3n) is 5.65. The van der Waals surface area contributed by atoms with Crippen molar-refractivity contribution in [1.29, 1.82) is 0 Å². The Morgan fingerprint density at radius 1 is 1.44 bits per heavy atom. The second kappa shape index (κ2) is 9.04. The maximum Gasteiger partial charge on any atom is 0.225 e. The molecule has 1 saturated heterocycles. The zero-order valence-corrected chi connectivity index (χ0v) is 16.5. The first-order valence-electron chi connectivity index (χ1n) is 9.95. The lowest BCUT2D eigenvalue weighted by atomic mass is 10.00. The lowest BCUT2D eigenvalue weighted by Crippen LogP contribution is -2.39. The number of nitrogens with one attached hydrogen (secondary N) is 1. The molecule has 1 aromatic rings. The highest BCUT2D eigenvalue weighted by Gasteiger charge is 2.26. The number of nitrogens with zero attached hydrogens (tertiary/aromatic N) is 1. The van der Waals surface area contributed by atoms with E-state index in [4.69, 9.17) is 4.74 Å². The van der Waals surface area contributed by atoms with Crippen molar-refractivity contribution in [3.05, 3.63) is 16.5 Å². The van der Waals surface area contributed by atoms with E-state index in [1.807, 2.05) is 4.90 Å². The topological polar surface area (TPSA) is 41.6 Å². The van der Waals surface area contributed by atoms with Crippen molar-refractivity contribution in [1.82, 2.24) is 10.2 Å². The van der Waals surface area contributed by atoms with E-state index < -0.39 is 0 Å². The van der Waals surface area contributed by atoms with E-state index in [2.05, 4.69) is 25.2 Å². The van der Waals surface area contributed by atoms with Crippen LogP contribution in [0.2, 0.25) is 0 Å². The Morgan fingerprint density at radius 2 is 2.28 bits per heavy atom. The van der Waals surface area contributed by atoms with Gasteiger partial charge in [-0.1, -0.05) is 13.8 Å². The summed E-state index contributed by atoms with van der Waals surface area (Å²) in [5.74, 6) is 1.35. The molecule has 1 unspecified atom stereocenters. The highest BCUT2D eigenvalue weighted by molar-refractivity contribution is 7.14. The fraction of sp³-hybridized carbons (Fsp3) is 0.750. The van der Waals surface area contributed by atoms with E-state index in [0.29, 0.717) is 5.91 Å². The summed E-state index contributed by atoms with van der Waals surface area (Å²) < 4.78 is 6.00. The first kappa shape index (κ1) is 18.7. The first-order valence-corrected chi connectivity index (χ1v) is 10.8. The van der Waals surface area contributed by atoms with Crippen LogP contribution in [0.25, 0.3) is 0 Å². The third kappa shape index (κ3) is 4.76. The molecule has 0 saturated carbocycles. The fourth-order valence-electron chi connectivity index (χ4n) is 3.97. The van der Waals surface area contributed by atoms with E-state index in [-0.39, 0.29) is 5.92 Å².